The van der Waals surface area contributed by atoms with E-state index in [9.17, 15) is 18.4 Å². The number of aliphatic carboxylic acids is 1. The third-order valence-corrected chi connectivity index (χ3v) is 3.64. The summed E-state index contributed by atoms with van der Waals surface area (Å²) in [5.74, 6) is -3.51. The van der Waals surface area contributed by atoms with Gasteiger partial charge in [0.15, 0.2) is 11.6 Å². The first-order valence-electron chi connectivity index (χ1n) is 6.58. The van der Waals surface area contributed by atoms with E-state index in [0.29, 0.717) is 12.1 Å². The van der Waals surface area contributed by atoms with E-state index in [-0.39, 0.29) is 19.0 Å². The lowest BCUT2D eigenvalue weighted by Gasteiger charge is -2.17. The molecule has 1 aromatic carbocycles. The summed E-state index contributed by atoms with van der Waals surface area (Å²) in [5.41, 5.74) is 0.435. The van der Waals surface area contributed by atoms with Crippen molar-refractivity contribution in [3.8, 4) is 0 Å². The smallest absolute Gasteiger partial charge is 0.317 e. The zero-order valence-electron chi connectivity index (χ0n) is 11.5. The van der Waals surface area contributed by atoms with Crippen LogP contribution in [0.3, 0.4) is 0 Å². The molecular weight excluding hydrogens is 282 g/mol. The van der Waals surface area contributed by atoms with E-state index < -0.39 is 29.6 Å². The maximum absolute atomic E-state index is 13.0. The van der Waals surface area contributed by atoms with Crippen LogP contribution in [0.5, 0.6) is 0 Å². The minimum absolute atomic E-state index is 0.0542. The van der Waals surface area contributed by atoms with Crippen LogP contribution in [0.15, 0.2) is 18.2 Å². The number of halogens is 2. The number of benzene rings is 1. The van der Waals surface area contributed by atoms with Crippen LogP contribution in [0, 0.1) is 23.5 Å². The van der Waals surface area contributed by atoms with E-state index >= 15 is 0 Å². The Morgan fingerprint density at radius 2 is 2.05 bits per heavy atom. The summed E-state index contributed by atoms with van der Waals surface area (Å²) in [6.07, 6.45) is 0. The van der Waals surface area contributed by atoms with Crippen LogP contribution in [-0.4, -0.2) is 35.1 Å². The maximum atomic E-state index is 13.0. The topological polar surface area (TPSA) is 69.6 Å². The molecule has 1 aliphatic heterocycles. The average molecular weight is 298 g/mol. The average Bonchev–Trinajstić information content (AvgIpc) is 2.82. The Kier molecular flexibility index (Phi) is 4.40. The van der Waals surface area contributed by atoms with E-state index in [2.05, 4.69) is 5.32 Å². The van der Waals surface area contributed by atoms with Crippen molar-refractivity contribution in [2.45, 2.75) is 13.5 Å². The number of carbonyl (C=O) groups excluding carboxylic acids is 1. The molecule has 0 radical (unpaired) electrons. The molecule has 2 atom stereocenters. The zero-order chi connectivity index (χ0) is 15.6. The van der Waals surface area contributed by atoms with Crippen molar-refractivity contribution in [3.63, 3.8) is 0 Å². The first-order valence-corrected chi connectivity index (χ1v) is 6.58. The molecule has 0 bridgehead atoms. The number of hydrogen-bond acceptors (Lipinski definition) is 2. The number of hydrogen-bond donors (Lipinski definition) is 2. The second-order valence-corrected chi connectivity index (χ2v) is 5.23. The van der Waals surface area contributed by atoms with Crippen LogP contribution in [0.2, 0.25) is 0 Å². The highest BCUT2D eigenvalue weighted by molar-refractivity contribution is 5.77. The molecule has 0 saturated carbocycles. The quantitative estimate of drug-likeness (QED) is 0.894. The molecule has 1 aliphatic rings. The van der Waals surface area contributed by atoms with Gasteiger partial charge in [0, 0.05) is 19.6 Å². The van der Waals surface area contributed by atoms with Gasteiger partial charge in [0.05, 0.1) is 5.92 Å². The number of urea groups is 1. The van der Waals surface area contributed by atoms with Crippen molar-refractivity contribution in [2.24, 2.45) is 11.8 Å². The molecule has 5 nitrogen and oxygen atoms in total. The van der Waals surface area contributed by atoms with Crippen LogP contribution < -0.4 is 5.32 Å². The molecule has 0 aliphatic carbocycles. The third kappa shape index (κ3) is 3.48. The van der Waals surface area contributed by atoms with Gasteiger partial charge in [-0.05, 0) is 23.6 Å². The number of carbonyl (C=O) groups is 2. The van der Waals surface area contributed by atoms with Gasteiger partial charge in [-0.15, -0.1) is 0 Å². The van der Waals surface area contributed by atoms with E-state index in [1.807, 2.05) is 0 Å². The molecule has 114 valence electrons. The van der Waals surface area contributed by atoms with E-state index in [4.69, 9.17) is 5.11 Å². The molecule has 7 heteroatoms. The monoisotopic (exact) mass is 298 g/mol. The summed E-state index contributed by atoms with van der Waals surface area (Å²) >= 11 is 0. The number of nitrogens with one attached hydrogen (secondary N) is 1. The summed E-state index contributed by atoms with van der Waals surface area (Å²) in [6, 6.07) is 2.98. The van der Waals surface area contributed by atoms with Crippen molar-refractivity contribution in [2.75, 3.05) is 13.1 Å². The van der Waals surface area contributed by atoms with E-state index in [0.717, 1.165) is 12.1 Å². The van der Waals surface area contributed by atoms with Gasteiger partial charge in [0.1, 0.15) is 0 Å². The highest BCUT2D eigenvalue weighted by Gasteiger charge is 2.36. The molecule has 2 unspecified atom stereocenters. The number of likely N-dealkylation sites (tertiary alicyclic amines) is 1. The van der Waals surface area contributed by atoms with Crippen molar-refractivity contribution in [1.82, 2.24) is 10.2 Å². The number of amides is 2. The first-order chi connectivity index (χ1) is 9.88. The van der Waals surface area contributed by atoms with E-state index in [1.54, 1.807) is 6.92 Å². The SMILES string of the molecule is CC1CN(C(=O)NCc2ccc(F)c(F)c2)CC1C(=O)O. The molecule has 1 saturated heterocycles. The molecular formula is C14H16F2N2O3. The lowest BCUT2D eigenvalue weighted by molar-refractivity contribution is -0.142. The van der Waals surface area contributed by atoms with Crippen LogP contribution in [0.1, 0.15) is 12.5 Å². The molecule has 1 heterocycles. The fourth-order valence-corrected chi connectivity index (χ4v) is 2.39. The molecule has 2 N–H and O–H groups in total. The molecule has 2 amide bonds. The Morgan fingerprint density at radius 1 is 1.33 bits per heavy atom. The number of nitrogens with zero attached hydrogens (tertiary/aromatic N) is 1. The van der Waals surface area contributed by atoms with Crippen molar-refractivity contribution in [1.29, 1.82) is 0 Å². The fraction of sp³-hybridized carbons (Fsp3) is 0.429. The van der Waals surface area contributed by atoms with Gasteiger partial charge in [-0.25, -0.2) is 13.6 Å². The highest BCUT2D eigenvalue weighted by atomic mass is 19.2. The Balaban J connectivity index is 1.90. The summed E-state index contributed by atoms with van der Waals surface area (Å²) in [5, 5.41) is 11.6. The van der Waals surface area contributed by atoms with Crippen LogP contribution in [-0.2, 0) is 11.3 Å². The van der Waals surface area contributed by atoms with Gasteiger partial charge in [-0.3, -0.25) is 4.79 Å². The third-order valence-electron chi connectivity index (χ3n) is 3.64. The van der Waals surface area contributed by atoms with Crippen LogP contribution >= 0.6 is 0 Å². The number of carboxylic acid groups (broad SMARTS) is 1. The summed E-state index contributed by atoms with van der Waals surface area (Å²) < 4.78 is 25.8. The molecule has 21 heavy (non-hydrogen) atoms. The van der Waals surface area contributed by atoms with Gasteiger partial charge in [-0.2, -0.15) is 0 Å². The lowest BCUT2D eigenvalue weighted by atomic mass is 9.99. The van der Waals surface area contributed by atoms with Gasteiger partial charge >= 0.3 is 12.0 Å². The predicted molar refractivity (Wildman–Crippen MR) is 70.5 cm³/mol. The van der Waals surface area contributed by atoms with Crippen molar-refractivity contribution < 1.29 is 23.5 Å². The van der Waals surface area contributed by atoms with Crippen molar-refractivity contribution in [3.05, 3.63) is 35.4 Å². The van der Waals surface area contributed by atoms with Gasteiger partial charge in [-0.1, -0.05) is 13.0 Å². The Labute approximate surface area is 120 Å². The summed E-state index contributed by atoms with van der Waals surface area (Å²) in [6.45, 7) is 2.35. The van der Waals surface area contributed by atoms with Gasteiger partial charge < -0.3 is 15.3 Å². The minimum atomic E-state index is -0.970. The van der Waals surface area contributed by atoms with E-state index in [1.165, 1.54) is 11.0 Å². The molecule has 1 aromatic rings. The summed E-state index contributed by atoms with van der Waals surface area (Å²) in [4.78, 5) is 24.4. The molecule has 1 fully saturated rings. The maximum Gasteiger partial charge on any atom is 0.317 e. The Morgan fingerprint density at radius 3 is 2.62 bits per heavy atom. The van der Waals surface area contributed by atoms with Crippen molar-refractivity contribution >= 4 is 12.0 Å². The molecule has 0 spiro atoms. The standard InChI is InChI=1S/C14H16F2N2O3/c1-8-6-18(7-10(8)13(19)20)14(21)17-5-9-2-3-11(15)12(16)4-9/h2-4,8,10H,5-7H2,1H3,(H,17,21)(H,19,20). The molecule has 0 aromatic heterocycles. The zero-order valence-corrected chi connectivity index (χ0v) is 11.5. The molecule has 2 rings (SSSR count). The largest absolute Gasteiger partial charge is 0.481 e. The second kappa shape index (κ2) is 6.07. The predicted octanol–water partition coefficient (Wildman–Crippen LogP) is 1.83. The van der Waals surface area contributed by atoms with Crippen LogP contribution in [0.25, 0.3) is 0 Å². The Bertz CT molecular complexity index is 565. The van der Waals surface area contributed by atoms with Crippen LogP contribution in [0.4, 0.5) is 13.6 Å². The first kappa shape index (κ1) is 15.2. The highest BCUT2D eigenvalue weighted by Crippen LogP contribution is 2.23. The lowest BCUT2D eigenvalue weighted by Crippen LogP contribution is -2.38. The van der Waals surface area contributed by atoms with Gasteiger partial charge in [0.25, 0.3) is 0 Å². The summed E-state index contributed by atoms with van der Waals surface area (Å²) in [7, 11) is 0. The number of rotatable bonds is 3. The minimum Gasteiger partial charge on any atom is -0.481 e. The Hall–Kier alpha value is -2.18. The number of carboxylic acids is 1. The van der Waals surface area contributed by atoms with Gasteiger partial charge in [0.2, 0.25) is 0 Å². The fourth-order valence-electron chi connectivity index (χ4n) is 2.39. The normalized spacial score (nSPS) is 21.4. The second-order valence-electron chi connectivity index (χ2n) is 5.23.